The third-order valence-corrected chi connectivity index (χ3v) is 2.12. The number of azide groups is 1. The number of rotatable bonds is 3. The molecule has 0 aromatic rings. The van der Waals surface area contributed by atoms with Crippen molar-refractivity contribution in [3.05, 3.63) is 10.4 Å². The average molecular weight is 187 g/mol. The molecule has 3 atom stereocenters. The molecule has 1 aliphatic rings. The van der Waals surface area contributed by atoms with Crippen LogP contribution in [0.2, 0.25) is 0 Å². The minimum absolute atomic E-state index is 0.0680. The minimum atomic E-state index is -0.296. The Kier molecular flexibility index (Phi) is 3.98. The average Bonchev–Trinajstić information content (AvgIpc) is 2.18. The van der Waals surface area contributed by atoms with Crippen LogP contribution in [-0.2, 0) is 9.47 Å². The van der Waals surface area contributed by atoms with Crippen molar-refractivity contribution in [1.29, 1.82) is 0 Å². The minimum Gasteiger partial charge on any atom is -0.394 e. The fourth-order valence-electron chi connectivity index (χ4n) is 1.40. The van der Waals surface area contributed by atoms with Crippen molar-refractivity contribution in [3.63, 3.8) is 0 Å². The molecule has 0 amide bonds. The zero-order valence-electron chi connectivity index (χ0n) is 7.46. The Labute approximate surface area is 76.1 Å². The van der Waals surface area contributed by atoms with E-state index in [4.69, 9.17) is 20.1 Å². The molecule has 1 fully saturated rings. The number of methoxy groups -OCH3 is 1. The summed E-state index contributed by atoms with van der Waals surface area (Å²) >= 11 is 0. The molecular weight excluding hydrogens is 174 g/mol. The van der Waals surface area contributed by atoms with Gasteiger partial charge in [-0.2, -0.15) is 0 Å². The van der Waals surface area contributed by atoms with Gasteiger partial charge in [-0.15, -0.1) is 0 Å². The van der Waals surface area contributed by atoms with Crippen LogP contribution in [-0.4, -0.2) is 43.7 Å². The summed E-state index contributed by atoms with van der Waals surface area (Å²) in [7, 11) is 1.55. The second kappa shape index (κ2) is 5.04. The van der Waals surface area contributed by atoms with Gasteiger partial charge in [-0.05, 0) is 12.0 Å². The molecule has 1 saturated heterocycles. The maximum absolute atomic E-state index is 8.90. The lowest BCUT2D eigenvalue weighted by molar-refractivity contribution is -0.115. The number of nitrogens with zero attached hydrogens (tertiary/aromatic N) is 3. The van der Waals surface area contributed by atoms with E-state index in [-0.39, 0.29) is 24.9 Å². The second-order valence-electron chi connectivity index (χ2n) is 2.92. The third kappa shape index (κ3) is 2.57. The second-order valence-corrected chi connectivity index (χ2v) is 2.92. The smallest absolute Gasteiger partial charge is 0.107 e. The van der Waals surface area contributed by atoms with Gasteiger partial charge in [0.25, 0.3) is 0 Å². The van der Waals surface area contributed by atoms with E-state index in [9.17, 15) is 0 Å². The van der Waals surface area contributed by atoms with Gasteiger partial charge in [0.05, 0.1) is 25.4 Å². The van der Waals surface area contributed by atoms with Crippen LogP contribution in [0.25, 0.3) is 10.4 Å². The van der Waals surface area contributed by atoms with Crippen LogP contribution in [0.1, 0.15) is 6.42 Å². The van der Waals surface area contributed by atoms with Gasteiger partial charge in [-0.3, -0.25) is 0 Å². The Hall–Kier alpha value is -0.810. The summed E-state index contributed by atoms with van der Waals surface area (Å²) in [6.45, 7) is 0.288. The number of aliphatic hydroxyl groups is 1. The lowest BCUT2D eigenvalue weighted by Gasteiger charge is -2.32. The van der Waals surface area contributed by atoms with Crippen LogP contribution < -0.4 is 0 Å². The monoisotopic (exact) mass is 187 g/mol. The predicted octanol–water partition coefficient (Wildman–Crippen LogP) is 0.461. The van der Waals surface area contributed by atoms with E-state index in [2.05, 4.69) is 10.0 Å². The maximum atomic E-state index is 8.90. The molecule has 1 rings (SSSR count). The van der Waals surface area contributed by atoms with Crippen molar-refractivity contribution in [3.8, 4) is 0 Å². The molecule has 0 unspecified atom stereocenters. The fraction of sp³-hybridized carbons (Fsp3) is 1.00. The largest absolute Gasteiger partial charge is 0.394 e. The SMILES string of the molecule is CO[C@@H]1C[C@@H](N=[N+]=[N-])CO[C@@H]1CO. The predicted molar refractivity (Wildman–Crippen MR) is 45.2 cm³/mol. The molecule has 0 radical (unpaired) electrons. The summed E-state index contributed by atoms with van der Waals surface area (Å²) < 4.78 is 10.4. The summed E-state index contributed by atoms with van der Waals surface area (Å²) in [4.78, 5) is 2.71. The van der Waals surface area contributed by atoms with Crippen LogP contribution in [0.3, 0.4) is 0 Å². The highest BCUT2D eigenvalue weighted by Gasteiger charge is 2.30. The first kappa shape index (κ1) is 10.3. The van der Waals surface area contributed by atoms with E-state index < -0.39 is 0 Å². The van der Waals surface area contributed by atoms with Crippen molar-refractivity contribution >= 4 is 0 Å². The Balaban J connectivity index is 2.51. The topological polar surface area (TPSA) is 87.5 Å². The van der Waals surface area contributed by atoms with Crippen molar-refractivity contribution in [2.24, 2.45) is 5.11 Å². The van der Waals surface area contributed by atoms with Gasteiger partial charge in [-0.1, -0.05) is 5.11 Å². The lowest BCUT2D eigenvalue weighted by atomic mass is 10.0. The first-order chi connectivity index (χ1) is 6.31. The van der Waals surface area contributed by atoms with E-state index >= 15 is 0 Å². The maximum Gasteiger partial charge on any atom is 0.107 e. The van der Waals surface area contributed by atoms with E-state index in [0.29, 0.717) is 13.0 Å². The highest BCUT2D eigenvalue weighted by molar-refractivity contribution is 4.83. The van der Waals surface area contributed by atoms with Crippen LogP contribution in [0, 0.1) is 0 Å². The Bertz CT molecular complexity index is 205. The van der Waals surface area contributed by atoms with Crippen LogP contribution in [0.15, 0.2) is 5.11 Å². The van der Waals surface area contributed by atoms with Crippen molar-refractivity contribution in [1.82, 2.24) is 0 Å². The molecule has 0 aromatic heterocycles. The van der Waals surface area contributed by atoms with Crippen LogP contribution in [0.5, 0.6) is 0 Å². The Morgan fingerprint density at radius 2 is 2.54 bits per heavy atom. The summed E-state index contributed by atoms with van der Waals surface area (Å²) in [6, 6.07) is -0.183. The van der Waals surface area contributed by atoms with Gasteiger partial charge in [0.2, 0.25) is 0 Å². The first-order valence-electron chi connectivity index (χ1n) is 4.11. The van der Waals surface area contributed by atoms with E-state index in [1.165, 1.54) is 0 Å². The van der Waals surface area contributed by atoms with E-state index in [1.807, 2.05) is 0 Å². The van der Waals surface area contributed by atoms with Crippen LogP contribution >= 0.6 is 0 Å². The molecule has 1 aliphatic heterocycles. The fourth-order valence-corrected chi connectivity index (χ4v) is 1.40. The molecule has 1 heterocycles. The summed E-state index contributed by atoms with van der Waals surface area (Å²) in [5, 5.41) is 12.4. The number of aliphatic hydroxyl groups excluding tert-OH is 1. The molecule has 0 bridgehead atoms. The molecule has 0 aromatic carbocycles. The zero-order valence-corrected chi connectivity index (χ0v) is 7.46. The number of hydrogen-bond donors (Lipinski definition) is 1. The zero-order chi connectivity index (χ0) is 9.68. The van der Waals surface area contributed by atoms with Crippen LogP contribution in [0.4, 0.5) is 0 Å². The Morgan fingerprint density at radius 1 is 1.77 bits per heavy atom. The summed E-state index contributed by atoms with van der Waals surface area (Å²) in [5.41, 5.74) is 8.21. The van der Waals surface area contributed by atoms with Gasteiger partial charge < -0.3 is 14.6 Å². The van der Waals surface area contributed by atoms with Gasteiger partial charge in [-0.25, -0.2) is 0 Å². The quantitative estimate of drug-likeness (QED) is 0.395. The first-order valence-corrected chi connectivity index (χ1v) is 4.11. The molecule has 6 heteroatoms. The van der Waals surface area contributed by atoms with Crippen molar-refractivity contribution in [2.75, 3.05) is 20.3 Å². The summed E-state index contributed by atoms with van der Waals surface area (Å²) in [6.07, 6.45) is 0.121. The molecule has 0 saturated carbocycles. The highest BCUT2D eigenvalue weighted by atomic mass is 16.5. The van der Waals surface area contributed by atoms with E-state index in [0.717, 1.165) is 0 Å². The summed E-state index contributed by atoms with van der Waals surface area (Å²) in [5.74, 6) is 0. The van der Waals surface area contributed by atoms with Crippen molar-refractivity contribution in [2.45, 2.75) is 24.7 Å². The molecule has 1 N–H and O–H groups in total. The highest BCUT2D eigenvalue weighted by Crippen LogP contribution is 2.19. The number of ether oxygens (including phenoxy) is 2. The molecule has 0 aliphatic carbocycles. The van der Waals surface area contributed by atoms with E-state index in [1.54, 1.807) is 7.11 Å². The number of hydrogen-bond acceptors (Lipinski definition) is 4. The van der Waals surface area contributed by atoms with Gasteiger partial charge in [0.1, 0.15) is 6.10 Å². The van der Waals surface area contributed by atoms with Gasteiger partial charge >= 0.3 is 0 Å². The van der Waals surface area contributed by atoms with Gasteiger partial charge in [0.15, 0.2) is 0 Å². The van der Waals surface area contributed by atoms with Crippen molar-refractivity contribution < 1.29 is 14.6 Å². The lowest BCUT2D eigenvalue weighted by Crippen LogP contribution is -2.43. The molecule has 13 heavy (non-hydrogen) atoms. The molecule has 74 valence electrons. The Morgan fingerprint density at radius 3 is 3.08 bits per heavy atom. The van der Waals surface area contributed by atoms with Gasteiger partial charge in [0, 0.05) is 12.0 Å². The molecular formula is C7H13N3O3. The standard InChI is InChI=1S/C7H13N3O3/c1-12-6-2-5(9-10-8)4-13-7(6)3-11/h5-7,11H,2-4H2,1H3/t5-,6-,7-/m1/s1. The normalized spacial score (nSPS) is 33.8. The molecule has 6 nitrogen and oxygen atoms in total. The third-order valence-electron chi connectivity index (χ3n) is 2.12. The molecule has 0 spiro atoms.